The highest BCUT2D eigenvalue weighted by Gasteiger charge is 2.17. The molecule has 1 rings (SSSR count). The zero-order chi connectivity index (χ0) is 12.3. The quantitative estimate of drug-likeness (QED) is 0.832. The molecule has 0 aliphatic carbocycles. The van der Waals surface area contributed by atoms with E-state index in [1.165, 1.54) is 12.0 Å². The van der Waals surface area contributed by atoms with Gasteiger partial charge in [0.2, 0.25) is 0 Å². The van der Waals surface area contributed by atoms with E-state index in [0.29, 0.717) is 18.0 Å². The zero-order valence-electron chi connectivity index (χ0n) is 11.4. The van der Waals surface area contributed by atoms with Crippen LogP contribution in [0.25, 0.3) is 0 Å². The van der Waals surface area contributed by atoms with Gasteiger partial charge in [0, 0.05) is 30.9 Å². The molecule has 0 saturated carbocycles. The Kier molecular flexibility index (Phi) is 4.54. The predicted molar refractivity (Wildman–Crippen MR) is 68.4 cm³/mol. The van der Waals surface area contributed by atoms with Crippen molar-refractivity contribution in [2.24, 2.45) is 13.0 Å². The first-order valence-corrected chi connectivity index (χ1v) is 6.21. The number of nitrogens with zero attached hydrogens (tertiary/aromatic N) is 2. The molecule has 1 heterocycles. The van der Waals surface area contributed by atoms with Crippen molar-refractivity contribution in [2.75, 3.05) is 0 Å². The van der Waals surface area contributed by atoms with Crippen LogP contribution in [0, 0.1) is 12.8 Å². The Morgan fingerprint density at radius 1 is 1.38 bits per heavy atom. The van der Waals surface area contributed by atoms with Gasteiger partial charge in [0.1, 0.15) is 0 Å². The third-order valence-corrected chi connectivity index (χ3v) is 3.23. The summed E-state index contributed by atoms with van der Waals surface area (Å²) in [6.07, 6.45) is 3.28. The number of nitrogens with one attached hydrogen (secondary N) is 1. The van der Waals surface area contributed by atoms with Crippen LogP contribution in [0.2, 0.25) is 0 Å². The van der Waals surface area contributed by atoms with Gasteiger partial charge in [-0.3, -0.25) is 4.68 Å². The van der Waals surface area contributed by atoms with Crippen LogP contribution in [0.3, 0.4) is 0 Å². The van der Waals surface area contributed by atoms with E-state index in [2.05, 4.69) is 51.2 Å². The molecule has 1 aromatic rings. The zero-order valence-corrected chi connectivity index (χ0v) is 11.4. The lowest BCUT2D eigenvalue weighted by Gasteiger charge is -2.25. The Hall–Kier alpha value is -0.830. The van der Waals surface area contributed by atoms with E-state index >= 15 is 0 Å². The molecule has 1 N–H and O–H groups in total. The lowest BCUT2D eigenvalue weighted by molar-refractivity contribution is 0.355. The molecule has 0 bridgehead atoms. The summed E-state index contributed by atoms with van der Waals surface area (Å²) < 4.78 is 1.89. The van der Waals surface area contributed by atoms with E-state index in [1.54, 1.807) is 0 Å². The number of hydrogen-bond acceptors (Lipinski definition) is 2. The summed E-state index contributed by atoms with van der Waals surface area (Å²) in [6.45, 7) is 11.1. The molecule has 0 aliphatic rings. The van der Waals surface area contributed by atoms with Crippen LogP contribution < -0.4 is 5.32 Å². The second kappa shape index (κ2) is 5.48. The maximum atomic E-state index is 4.39. The Bertz CT molecular complexity index is 328. The van der Waals surface area contributed by atoms with Crippen LogP contribution in [0.15, 0.2) is 6.20 Å². The summed E-state index contributed by atoms with van der Waals surface area (Å²) in [7, 11) is 1.98. The monoisotopic (exact) mass is 223 g/mol. The molecule has 16 heavy (non-hydrogen) atoms. The van der Waals surface area contributed by atoms with Crippen LogP contribution in [0.1, 0.15) is 51.4 Å². The molecule has 0 saturated heterocycles. The van der Waals surface area contributed by atoms with Crippen LogP contribution >= 0.6 is 0 Å². The summed E-state index contributed by atoms with van der Waals surface area (Å²) in [5.41, 5.74) is 2.43. The molecule has 2 unspecified atom stereocenters. The Morgan fingerprint density at radius 2 is 2.00 bits per heavy atom. The van der Waals surface area contributed by atoms with Crippen molar-refractivity contribution < 1.29 is 0 Å². The highest BCUT2D eigenvalue weighted by molar-refractivity contribution is 5.19. The maximum absolute atomic E-state index is 4.39. The fraction of sp³-hybridized carbons (Fsp3) is 0.769. The highest BCUT2D eigenvalue weighted by atomic mass is 15.3. The van der Waals surface area contributed by atoms with E-state index in [4.69, 9.17) is 0 Å². The van der Waals surface area contributed by atoms with Gasteiger partial charge in [0.25, 0.3) is 0 Å². The first-order chi connectivity index (χ1) is 7.45. The molecule has 0 amide bonds. The van der Waals surface area contributed by atoms with Crippen molar-refractivity contribution in [2.45, 2.75) is 53.1 Å². The van der Waals surface area contributed by atoms with Crippen LogP contribution in [-0.4, -0.2) is 15.8 Å². The van der Waals surface area contributed by atoms with E-state index < -0.39 is 0 Å². The minimum absolute atomic E-state index is 0.376. The van der Waals surface area contributed by atoms with Crippen molar-refractivity contribution in [3.63, 3.8) is 0 Å². The Morgan fingerprint density at radius 3 is 2.38 bits per heavy atom. The third-order valence-electron chi connectivity index (χ3n) is 3.23. The van der Waals surface area contributed by atoms with Gasteiger partial charge in [-0.1, -0.05) is 20.8 Å². The lowest BCUT2D eigenvalue weighted by Crippen LogP contribution is -2.35. The molecule has 0 aromatic carbocycles. The molecule has 92 valence electrons. The lowest BCUT2D eigenvalue weighted by atomic mass is 9.99. The second-order valence-corrected chi connectivity index (χ2v) is 4.99. The van der Waals surface area contributed by atoms with Crippen LogP contribution in [-0.2, 0) is 7.05 Å². The summed E-state index contributed by atoms with van der Waals surface area (Å²) in [4.78, 5) is 0. The first-order valence-electron chi connectivity index (χ1n) is 6.21. The third kappa shape index (κ3) is 3.08. The highest BCUT2D eigenvalue weighted by Crippen LogP contribution is 2.18. The summed E-state index contributed by atoms with van der Waals surface area (Å²) in [6, 6.07) is 0.954. The van der Waals surface area contributed by atoms with Crippen molar-refractivity contribution in [1.82, 2.24) is 15.1 Å². The standard InChI is InChI=1S/C13H25N3/c1-7-13(9(2)3)14-10(4)12-8-16(6)15-11(12)5/h8-10,13-14H,7H2,1-6H3. The van der Waals surface area contributed by atoms with Crippen LogP contribution in [0.4, 0.5) is 0 Å². The molecule has 3 nitrogen and oxygen atoms in total. The first kappa shape index (κ1) is 13.2. The van der Waals surface area contributed by atoms with E-state index in [9.17, 15) is 0 Å². The minimum Gasteiger partial charge on any atom is -0.307 e. The average Bonchev–Trinajstić information content (AvgIpc) is 2.53. The molecular weight excluding hydrogens is 198 g/mol. The fourth-order valence-electron chi connectivity index (χ4n) is 2.24. The smallest absolute Gasteiger partial charge is 0.0641 e. The van der Waals surface area contributed by atoms with Gasteiger partial charge >= 0.3 is 0 Å². The molecule has 0 aliphatic heterocycles. The Labute approximate surface area is 99.2 Å². The summed E-state index contributed by atoms with van der Waals surface area (Å²) in [5, 5.41) is 8.07. The van der Waals surface area contributed by atoms with Gasteiger partial charge in [-0.2, -0.15) is 5.10 Å². The van der Waals surface area contributed by atoms with Crippen molar-refractivity contribution in [3.05, 3.63) is 17.5 Å². The molecule has 2 atom stereocenters. The van der Waals surface area contributed by atoms with Crippen molar-refractivity contribution >= 4 is 0 Å². The van der Waals surface area contributed by atoms with Crippen LogP contribution in [0.5, 0.6) is 0 Å². The fourth-order valence-corrected chi connectivity index (χ4v) is 2.24. The van der Waals surface area contributed by atoms with Gasteiger partial charge < -0.3 is 5.32 Å². The predicted octanol–water partition coefficient (Wildman–Crippen LogP) is 2.81. The van der Waals surface area contributed by atoms with Gasteiger partial charge in [-0.15, -0.1) is 0 Å². The normalized spacial score (nSPS) is 15.4. The summed E-state index contributed by atoms with van der Waals surface area (Å²) in [5.74, 6) is 0.671. The topological polar surface area (TPSA) is 29.9 Å². The van der Waals surface area contributed by atoms with E-state index in [-0.39, 0.29) is 0 Å². The number of hydrogen-bond donors (Lipinski definition) is 1. The SMILES string of the molecule is CCC(NC(C)c1cn(C)nc1C)C(C)C. The minimum atomic E-state index is 0.376. The Balaban J connectivity index is 2.71. The van der Waals surface area contributed by atoms with Crippen molar-refractivity contribution in [3.8, 4) is 0 Å². The maximum Gasteiger partial charge on any atom is 0.0641 e. The molecule has 3 heteroatoms. The van der Waals surface area contributed by atoms with Gasteiger partial charge in [0.05, 0.1) is 5.69 Å². The van der Waals surface area contributed by atoms with E-state index in [1.807, 2.05) is 11.7 Å². The number of aryl methyl sites for hydroxylation is 2. The molecule has 0 radical (unpaired) electrons. The molecule has 0 spiro atoms. The van der Waals surface area contributed by atoms with Gasteiger partial charge in [-0.25, -0.2) is 0 Å². The summed E-state index contributed by atoms with van der Waals surface area (Å²) >= 11 is 0. The molecular formula is C13H25N3. The van der Waals surface area contributed by atoms with Gasteiger partial charge in [0.15, 0.2) is 0 Å². The van der Waals surface area contributed by atoms with Crippen molar-refractivity contribution in [1.29, 1.82) is 0 Å². The largest absolute Gasteiger partial charge is 0.307 e. The molecule has 0 fully saturated rings. The number of aromatic nitrogens is 2. The second-order valence-electron chi connectivity index (χ2n) is 4.99. The average molecular weight is 223 g/mol. The number of rotatable bonds is 5. The molecule has 1 aromatic heterocycles. The van der Waals surface area contributed by atoms with Gasteiger partial charge in [-0.05, 0) is 26.2 Å². The van der Waals surface area contributed by atoms with E-state index in [0.717, 1.165) is 5.69 Å².